The van der Waals surface area contributed by atoms with E-state index in [0.29, 0.717) is 23.9 Å². The van der Waals surface area contributed by atoms with Gasteiger partial charge in [0.2, 0.25) is 5.91 Å². The highest BCUT2D eigenvalue weighted by Gasteiger charge is 2.30. The lowest BCUT2D eigenvalue weighted by Crippen LogP contribution is -2.47. The highest BCUT2D eigenvalue weighted by atomic mass is 31.2. The molecule has 85 heavy (non-hydrogen) atoms. The molecule has 1 amide bonds. The number of amides is 1. The largest absolute Gasteiger partial charge is 0.472 e. The summed E-state index contributed by atoms with van der Waals surface area (Å²) in [5.74, 6) is -0.494. The quantitative estimate of drug-likeness (QED) is 0.0205. The molecule has 0 rings (SSSR count). The standard InChI is InChI=1S/C75H141N2O7P/c1-7-10-13-16-19-22-25-28-30-32-34-36-37-38-39-41-42-44-46-49-52-55-58-61-64-67-74(78)76-72(71-83-85(80,81)82-70-69-77(4,5)6)73(66-63-60-57-54-51-48-27-24-21-18-15-12-9-3)84-75(79)68-65-62-59-56-53-50-47-45-43-40-35-33-31-29-26-23-20-17-14-11-8-2/h19,22,28-31,34,36,63,66,72-73H,7-18,20-21,23-27,32-33,35,37-62,64-65,67-71H2,1-6H3,(H-,76,78,80,81)/p+1/b22-19-,30-28-,31-29+,36-34-,66-63-. The van der Waals surface area contributed by atoms with Crippen molar-refractivity contribution in [2.75, 3.05) is 40.9 Å². The lowest BCUT2D eigenvalue weighted by molar-refractivity contribution is -0.870. The first-order chi connectivity index (χ1) is 41.4. The van der Waals surface area contributed by atoms with Gasteiger partial charge in [-0.2, -0.15) is 0 Å². The van der Waals surface area contributed by atoms with Crippen LogP contribution in [0.1, 0.15) is 355 Å². The zero-order valence-electron chi connectivity index (χ0n) is 57.1. The van der Waals surface area contributed by atoms with Crippen LogP contribution in [0.4, 0.5) is 0 Å². The maximum atomic E-state index is 13.6. The van der Waals surface area contributed by atoms with Crippen LogP contribution in [-0.2, 0) is 27.9 Å². The Morgan fingerprint density at radius 3 is 1.11 bits per heavy atom. The number of nitrogens with one attached hydrogen (secondary N) is 1. The minimum Gasteiger partial charge on any atom is -0.456 e. The Labute approximate surface area is 528 Å². The molecule has 0 saturated heterocycles. The second-order valence-electron chi connectivity index (χ2n) is 26.1. The number of unbranched alkanes of at least 4 members (excludes halogenated alkanes) is 43. The molecule has 0 heterocycles. The lowest BCUT2D eigenvalue weighted by atomic mass is 10.0. The minimum atomic E-state index is -4.46. The molecule has 9 nitrogen and oxygen atoms in total. The molecule has 0 aliphatic heterocycles. The van der Waals surface area contributed by atoms with Gasteiger partial charge in [0, 0.05) is 12.8 Å². The zero-order valence-corrected chi connectivity index (χ0v) is 58.0. The number of hydrogen-bond donors (Lipinski definition) is 2. The van der Waals surface area contributed by atoms with E-state index in [-0.39, 0.29) is 25.1 Å². The molecule has 2 N–H and O–H groups in total. The van der Waals surface area contributed by atoms with Gasteiger partial charge in [-0.3, -0.25) is 18.6 Å². The summed E-state index contributed by atoms with van der Waals surface area (Å²) in [6.07, 6.45) is 83.7. The molecule has 0 aliphatic carbocycles. The van der Waals surface area contributed by atoms with Gasteiger partial charge in [-0.15, -0.1) is 0 Å². The normalized spacial score (nSPS) is 13.8. The van der Waals surface area contributed by atoms with Gasteiger partial charge in [-0.25, -0.2) is 4.57 Å². The maximum absolute atomic E-state index is 13.6. The van der Waals surface area contributed by atoms with Crippen molar-refractivity contribution >= 4 is 19.7 Å². The van der Waals surface area contributed by atoms with Gasteiger partial charge >= 0.3 is 13.8 Å². The average Bonchev–Trinajstić information content (AvgIpc) is 3.64. The summed E-state index contributed by atoms with van der Waals surface area (Å²) in [5.41, 5.74) is 0. The molecule has 0 saturated carbocycles. The number of ether oxygens (including phenoxy) is 1. The molecule has 0 fully saturated rings. The van der Waals surface area contributed by atoms with E-state index in [4.69, 9.17) is 13.8 Å². The molecule has 10 heteroatoms. The van der Waals surface area contributed by atoms with Crippen LogP contribution in [0, 0.1) is 0 Å². The number of rotatable bonds is 67. The number of quaternary nitrogens is 1. The van der Waals surface area contributed by atoms with E-state index in [0.717, 1.165) is 70.6 Å². The Bertz CT molecular complexity index is 1640. The summed E-state index contributed by atoms with van der Waals surface area (Å²) >= 11 is 0. The van der Waals surface area contributed by atoms with Crippen LogP contribution in [0.3, 0.4) is 0 Å². The second kappa shape index (κ2) is 64.7. The fourth-order valence-electron chi connectivity index (χ4n) is 10.8. The van der Waals surface area contributed by atoms with Crippen molar-refractivity contribution in [1.82, 2.24) is 5.32 Å². The highest BCUT2D eigenvalue weighted by Crippen LogP contribution is 2.43. The first-order valence-corrected chi connectivity index (χ1v) is 38.1. The molecule has 0 aliphatic rings. The van der Waals surface area contributed by atoms with Crippen molar-refractivity contribution in [3.05, 3.63) is 60.8 Å². The van der Waals surface area contributed by atoms with Crippen LogP contribution in [0.15, 0.2) is 60.8 Å². The number of likely N-dealkylation sites (N-methyl/N-ethyl adjacent to an activating group) is 1. The van der Waals surface area contributed by atoms with Crippen molar-refractivity contribution < 1.29 is 37.3 Å². The van der Waals surface area contributed by atoms with Crippen LogP contribution in [0.2, 0.25) is 0 Å². The summed E-state index contributed by atoms with van der Waals surface area (Å²) in [5, 5.41) is 3.08. The summed E-state index contributed by atoms with van der Waals surface area (Å²) in [7, 11) is 1.50. The summed E-state index contributed by atoms with van der Waals surface area (Å²) in [6.45, 7) is 7.03. The number of hydrogen-bond acceptors (Lipinski definition) is 6. The first kappa shape index (κ1) is 82.7. The molecule has 0 aromatic rings. The summed E-state index contributed by atoms with van der Waals surface area (Å²) < 4.78 is 30.9. The van der Waals surface area contributed by atoms with Crippen LogP contribution in [0.25, 0.3) is 0 Å². The molecule has 0 aromatic heterocycles. The van der Waals surface area contributed by atoms with Gasteiger partial charge in [0.25, 0.3) is 0 Å². The van der Waals surface area contributed by atoms with E-state index < -0.39 is 20.0 Å². The summed E-state index contributed by atoms with van der Waals surface area (Å²) in [6, 6.07) is -0.851. The van der Waals surface area contributed by atoms with Crippen LogP contribution in [-0.4, -0.2) is 74.3 Å². The van der Waals surface area contributed by atoms with Gasteiger partial charge in [0.15, 0.2) is 0 Å². The molecular weight excluding hydrogens is 1070 g/mol. The van der Waals surface area contributed by atoms with Gasteiger partial charge in [-0.05, 0) is 96.0 Å². The zero-order chi connectivity index (χ0) is 62.1. The summed E-state index contributed by atoms with van der Waals surface area (Å²) in [4.78, 5) is 38.0. The van der Waals surface area contributed by atoms with Crippen molar-refractivity contribution in [2.24, 2.45) is 0 Å². The van der Waals surface area contributed by atoms with Crippen LogP contribution >= 0.6 is 7.82 Å². The number of phosphoric acid groups is 1. The fraction of sp³-hybridized carbons (Fsp3) is 0.840. The molecule has 0 bridgehead atoms. The van der Waals surface area contributed by atoms with Crippen molar-refractivity contribution in [2.45, 2.75) is 367 Å². The van der Waals surface area contributed by atoms with Crippen LogP contribution < -0.4 is 5.32 Å². The van der Waals surface area contributed by atoms with E-state index >= 15 is 0 Å². The Morgan fingerprint density at radius 2 is 0.718 bits per heavy atom. The monoisotopic (exact) mass is 1210 g/mol. The number of allylic oxidation sites excluding steroid dienone is 9. The highest BCUT2D eigenvalue weighted by molar-refractivity contribution is 7.47. The van der Waals surface area contributed by atoms with Crippen molar-refractivity contribution in [3.63, 3.8) is 0 Å². The minimum absolute atomic E-state index is 0.0401. The molecule has 0 radical (unpaired) electrons. The molecule has 0 aromatic carbocycles. The second-order valence-corrected chi connectivity index (χ2v) is 27.6. The Hall–Kier alpha value is -2.29. The smallest absolute Gasteiger partial charge is 0.456 e. The topological polar surface area (TPSA) is 111 Å². The van der Waals surface area contributed by atoms with Crippen molar-refractivity contribution in [1.29, 1.82) is 0 Å². The third kappa shape index (κ3) is 66.0. The third-order valence-corrected chi connectivity index (χ3v) is 17.4. The van der Waals surface area contributed by atoms with Gasteiger partial charge < -0.3 is 19.4 Å². The van der Waals surface area contributed by atoms with E-state index in [2.05, 4.69) is 74.7 Å². The molecule has 498 valence electrons. The Kier molecular flexibility index (Phi) is 62.9. The average molecular weight is 1210 g/mol. The third-order valence-electron chi connectivity index (χ3n) is 16.4. The predicted octanol–water partition coefficient (Wildman–Crippen LogP) is 23.3. The Balaban J connectivity index is 5.07. The number of esters is 1. The van der Waals surface area contributed by atoms with Crippen LogP contribution in [0.5, 0.6) is 0 Å². The molecule has 3 atom stereocenters. The number of carbonyl (C=O) groups excluding carboxylic acids is 2. The Morgan fingerprint density at radius 1 is 0.412 bits per heavy atom. The van der Waals surface area contributed by atoms with Crippen molar-refractivity contribution in [3.8, 4) is 0 Å². The number of nitrogens with zero attached hydrogens (tertiary/aromatic N) is 1. The lowest BCUT2D eigenvalue weighted by Gasteiger charge is -2.27. The van der Waals surface area contributed by atoms with E-state index in [1.807, 2.05) is 33.3 Å². The van der Waals surface area contributed by atoms with E-state index in [1.54, 1.807) is 0 Å². The molecule has 3 unspecified atom stereocenters. The van der Waals surface area contributed by atoms with Gasteiger partial charge in [-0.1, -0.05) is 307 Å². The van der Waals surface area contributed by atoms with Gasteiger partial charge in [0.05, 0.1) is 33.8 Å². The molecular formula is C75H142N2O7P+. The van der Waals surface area contributed by atoms with E-state index in [1.165, 1.54) is 250 Å². The molecule has 0 spiro atoms. The number of carbonyl (C=O) groups is 2. The van der Waals surface area contributed by atoms with E-state index in [9.17, 15) is 19.0 Å². The number of phosphoric ester groups is 1. The fourth-order valence-corrected chi connectivity index (χ4v) is 11.5. The van der Waals surface area contributed by atoms with Gasteiger partial charge in [0.1, 0.15) is 19.3 Å². The SMILES string of the molecule is CCCCC/C=C\C/C=C\C/C=C\CCCCCCCCCCCCCCC(=O)NC(COP(=O)(O)OCC[N+](C)(C)C)C(/C=C\CCCCCCCCCCCCC)OC(=O)CCCCCCCCCCCCC/C=C/CCCCCCCC. The maximum Gasteiger partial charge on any atom is 0.472 e. The first-order valence-electron chi connectivity index (χ1n) is 36.6. The predicted molar refractivity (Wildman–Crippen MR) is 369 cm³/mol.